The number of hydrogen-bond donors (Lipinski definition) is 8. The molecule has 104 heavy (non-hydrogen) atoms. The molecule has 13 rings (SSSR count). The molecule has 0 spiro atoms. The van der Waals surface area contributed by atoms with Crippen LogP contribution in [0, 0.1) is 50.0 Å². The van der Waals surface area contributed by atoms with E-state index in [-0.39, 0.29) is 17.1 Å². The Morgan fingerprint density at radius 2 is 0.558 bits per heavy atom. The topological polar surface area (TPSA) is 294 Å². The molecule has 0 radical (unpaired) electrons. The zero-order valence-corrected chi connectivity index (χ0v) is 57.4. The lowest BCUT2D eigenvalue weighted by molar-refractivity contribution is -0.385. The van der Waals surface area contributed by atoms with Gasteiger partial charge in [-0.1, -0.05) is 132 Å². The van der Waals surface area contributed by atoms with E-state index in [1.165, 1.54) is 74.3 Å². The third-order valence-electron chi connectivity index (χ3n) is 15.9. The molecular formula is C85H79FN12O6. The molecule has 0 bridgehead atoms. The number of non-ortho nitro benzene ring substituents is 3. The van der Waals surface area contributed by atoms with Crippen LogP contribution in [0.25, 0.3) is 0 Å². The number of anilines is 11. The van der Waals surface area contributed by atoms with Crippen molar-refractivity contribution in [3.63, 3.8) is 0 Å². The number of aryl methyl sites for hydroxylation is 2. The molecule has 19 heteroatoms. The zero-order chi connectivity index (χ0) is 73.6. The summed E-state index contributed by atoms with van der Waals surface area (Å²) in [5, 5.41) is 44.8. The minimum absolute atomic E-state index is 0.0813. The van der Waals surface area contributed by atoms with E-state index in [1.54, 1.807) is 48.5 Å². The lowest BCUT2D eigenvalue weighted by Crippen LogP contribution is -1.99. The summed E-state index contributed by atoms with van der Waals surface area (Å²) in [5.74, 6) is -0.467. The summed E-state index contributed by atoms with van der Waals surface area (Å²) in [5.41, 5.74) is 45.3. The quantitative estimate of drug-likeness (QED) is 0.0152. The molecule has 522 valence electrons. The standard InChI is InChI=1S/C27H23N3O2.C27H27N3.C19H17N3O2.C6H4FNO2.C6H8N2/c1-20-2-4-23(5-3-20)19-28-24-10-6-21(7-11-24)18-22-8-12-25(13-9-22)29-26-14-16-27(17-15-26)30(31)32;1-20-2-4-23(5-3-20)19-29-25-12-6-21(7-13-25)18-22-8-14-26(15-9-22)30-27-16-10-24(28)11-17-27;20-16-5-1-14(2-6-16)13-15-3-7-17(8-4-15)21-18-9-11-19(12-10-18)22(23)24;7-5-1-3-6(4-2-5)8(9)10;7-5-1-2-6(8)4-3-5/h2-17,19,29H,18H2,1H3;2-17,29-30H,18-19,28H2,1H3;1-12,21H,13,20H2;1-4H;1-4H,7-8H2. The van der Waals surface area contributed by atoms with Crippen LogP contribution in [0.2, 0.25) is 0 Å². The molecule has 0 saturated heterocycles. The van der Waals surface area contributed by atoms with E-state index in [0.29, 0.717) is 0 Å². The van der Waals surface area contributed by atoms with Crippen molar-refractivity contribution in [1.29, 1.82) is 0 Å². The van der Waals surface area contributed by atoms with E-state index in [1.807, 2.05) is 91.1 Å². The number of rotatable bonds is 20. The number of nitro benzene ring substituents is 3. The largest absolute Gasteiger partial charge is 0.399 e. The molecule has 0 aromatic heterocycles. The maximum absolute atomic E-state index is 12.1. The van der Waals surface area contributed by atoms with E-state index < -0.39 is 20.6 Å². The molecule has 0 saturated carbocycles. The van der Waals surface area contributed by atoms with Gasteiger partial charge in [-0.05, 0) is 235 Å². The highest BCUT2D eigenvalue weighted by Gasteiger charge is 2.09. The molecule has 0 unspecified atom stereocenters. The monoisotopic (exact) mass is 1380 g/mol. The maximum Gasteiger partial charge on any atom is 0.269 e. The summed E-state index contributed by atoms with van der Waals surface area (Å²) >= 11 is 0. The Balaban J connectivity index is 0.000000162. The smallest absolute Gasteiger partial charge is 0.269 e. The molecule has 0 amide bonds. The summed E-state index contributed by atoms with van der Waals surface area (Å²) < 4.78 is 12.1. The Labute approximate surface area is 603 Å². The van der Waals surface area contributed by atoms with Gasteiger partial charge < -0.3 is 44.2 Å². The van der Waals surface area contributed by atoms with E-state index in [9.17, 15) is 34.7 Å². The first-order valence-corrected chi connectivity index (χ1v) is 33.1. The fourth-order valence-electron chi connectivity index (χ4n) is 10.1. The normalized spacial score (nSPS) is 10.4. The second-order valence-electron chi connectivity index (χ2n) is 24.2. The van der Waals surface area contributed by atoms with Gasteiger partial charge in [-0.25, -0.2) is 4.39 Å². The van der Waals surface area contributed by atoms with Gasteiger partial charge in [0.1, 0.15) is 5.82 Å². The lowest BCUT2D eigenvalue weighted by atomic mass is 10.0. The van der Waals surface area contributed by atoms with Gasteiger partial charge in [0.25, 0.3) is 17.1 Å². The van der Waals surface area contributed by atoms with Crippen molar-refractivity contribution < 1.29 is 19.2 Å². The average Bonchev–Trinajstić information content (AvgIpc) is 0.890. The molecule has 0 atom stereocenters. The molecular weight excluding hydrogens is 1300 g/mol. The molecule has 0 aliphatic heterocycles. The summed E-state index contributed by atoms with van der Waals surface area (Å²) in [7, 11) is 0. The van der Waals surface area contributed by atoms with Crippen LogP contribution in [-0.4, -0.2) is 21.0 Å². The number of nitrogens with two attached hydrogens (primary N) is 4. The number of benzene rings is 13. The van der Waals surface area contributed by atoms with E-state index in [4.69, 9.17) is 22.9 Å². The van der Waals surface area contributed by atoms with Gasteiger partial charge in [-0.3, -0.25) is 35.3 Å². The van der Waals surface area contributed by atoms with Crippen molar-refractivity contribution >= 4 is 91.5 Å². The van der Waals surface area contributed by atoms with Crippen LogP contribution in [0.4, 0.5) is 89.7 Å². The molecule has 0 aliphatic carbocycles. The number of nitrogens with zero attached hydrogens (tertiary/aromatic N) is 4. The van der Waals surface area contributed by atoms with Gasteiger partial charge in [0, 0.05) is 112 Å². The predicted octanol–water partition coefficient (Wildman–Crippen LogP) is 20.6. The molecule has 13 aromatic rings. The van der Waals surface area contributed by atoms with Crippen molar-refractivity contribution in [2.75, 3.05) is 44.2 Å². The van der Waals surface area contributed by atoms with Crippen LogP contribution in [0.3, 0.4) is 0 Å². The Kier molecular flexibility index (Phi) is 27.0. The van der Waals surface area contributed by atoms with Gasteiger partial charge in [0.05, 0.1) is 20.5 Å². The first-order chi connectivity index (χ1) is 50.3. The highest BCUT2D eigenvalue weighted by atomic mass is 19.1. The minimum atomic E-state index is -0.570. The first kappa shape index (κ1) is 74.3. The fourth-order valence-corrected chi connectivity index (χ4v) is 10.1. The van der Waals surface area contributed by atoms with Crippen LogP contribution < -0.4 is 44.2 Å². The van der Waals surface area contributed by atoms with Gasteiger partial charge in [0.15, 0.2) is 0 Å². The average molecular weight is 1380 g/mol. The molecule has 18 nitrogen and oxygen atoms in total. The van der Waals surface area contributed by atoms with Crippen LogP contribution in [0.5, 0.6) is 0 Å². The highest BCUT2D eigenvalue weighted by Crippen LogP contribution is 2.26. The number of nitrogens with one attached hydrogen (secondary N) is 4. The third kappa shape index (κ3) is 25.4. The number of aliphatic imine (C=N–C) groups is 1. The minimum Gasteiger partial charge on any atom is -0.399 e. The van der Waals surface area contributed by atoms with E-state index in [2.05, 4.69) is 174 Å². The van der Waals surface area contributed by atoms with Gasteiger partial charge >= 0.3 is 0 Å². The third-order valence-corrected chi connectivity index (χ3v) is 15.9. The van der Waals surface area contributed by atoms with Crippen molar-refractivity contribution in [1.82, 2.24) is 0 Å². The SMILES string of the molecule is Cc1ccc(C=Nc2ccc(Cc3ccc(Nc4ccc([N+](=O)[O-])cc4)cc3)cc2)cc1.Cc1ccc(CNc2ccc(Cc3ccc(Nc4ccc(N)cc4)cc3)cc2)cc1.Nc1ccc(Cc2ccc(Nc3ccc([N+](=O)[O-])cc3)cc2)cc1.Nc1ccc(N)cc1.O=[N+]([O-])c1ccc(F)cc1. The predicted molar refractivity (Wildman–Crippen MR) is 424 cm³/mol. The fraction of sp³-hybridized carbons (Fsp3) is 0.0706. The van der Waals surface area contributed by atoms with Crippen LogP contribution >= 0.6 is 0 Å². The second kappa shape index (κ2) is 37.9. The van der Waals surface area contributed by atoms with Gasteiger partial charge in [-0.2, -0.15) is 0 Å². The van der Waals surface area contributed by atoms with Crippen LogP contribution in [-0.2, 0) is 25.8 Å². The number of nitro groups is 3. The Hall–Kier alpha value is -13.9. The van der Waals surface area contributed by atoms with Crippen molar-refractivity contribution in [2.45, 2.75) is 39.7 Å². The molecule has 0 heterocycles. The molecule has 12 N–H and O–H groups in total. The number of halogens is 1. The zero-order valence-electron chi connectivity index (χ0n) is 57.4. The molecule has 0 aliphatic rings. The number of nitrogen functional groups attached to an aromatic ring is 4. The van der Waals surface area contributed by atoms with Crippen molar-refractivity contribution in [3.05, 3.63) is 407 Å². The number of hydrogen-bond acceptors (Lipinski definition) is 15. The first-order valence-electron chi connectivity index (χ1n) is 33.1. The second-order valence-corrected chi connectivity index (χ2v) is 24.2. The summed E-state index contributed by atoms with van der Waals surface area (Å²) in [4.78, 5) is 34.6. The lowest BCUT2D eigenvalue weighted by Gasteiger charge is -2.10. The van der Waals surface area contributed by atoms with E-state index >= 15 is 0 Å². The van der Waals surface area contributed by atoms with Gasteiger partial charge in [-0.15, -0.1) is 0 Å². The Bertz CT molecular complexity index is 4830. The molecule has 0 fully saturated rings. The van der Waals surface area contributed by atoms with Crippen molar-refractivity contribution in [3.8, 4) is 0 Å². The Morgan fingerprint density at radius 3 is 0.885 bits per heavy atom. The summed E-state index contributed by atoms with van der Waals surface area (Å²) in [6.45, 7) is 5.02. The van der Waals surface area contributed by atoms with Crippen LogP contribution in [0.15, 0.2) is 320 Å². The van der Waals surface area contributed by atoms with Crippen molar-refractivity contribution in [2.24, 2.45) is 4.99 Å². The highest BCUT2D eigenvalue weighted by molar-refractivity contribution is 5.82. The maximum atomic E-state index is 12.1. The Morgan fingerprint density at radius 1 is 0.317 bits per heavy atom. The van der Waals surface area contributed by atoms with Crippen LogP contribution in [0.1, 0.15) is 55.6 Å². The van der Waals surface area contributed by atoms with E-state index in [0.717, 1.165) is 124 Å². The molecule has 13 aromatic carbocycles. The summed E-state index contributed by atoms with van der Waals surface area (Å²) in [6.07, 6.45) is 4.48. The van der Waals surface area contributed by atoms with Gasteiger partial charge in [0.2, 0.25) is 0 Å². The summed E-state index contributed by atoms with van der Waals surface area (Å²) in [6, 6.07) is 98.6.